The van der Waals surface area contributed by atoms with E-state index in [4.69, 9.17) is 10.2 Å². The van der Waals surface area contributed by atoms with Gasteiger partial charge >= 0.3 is 0 Å². The summed E-state index contributed by atoms with van der Waals surface area (Å²) in [7, 11) is 0. The molecule has 0 atom stereocenters. The molecule has 3 nitrogen and oxygen atoms in total. The Morgan fingerprint density at radius 1 is 1.33 bits per heavy atom. The third-order valence-electron chi connectivity index (χ3n) is 1.64. The van der Waals surface area contributed by atoms with Gasteiger partial charge in [-0.2, -0.15) is 0 Å². The molecule has 0 fully saturated rings. The van der Waals surface area contributed by atoms with Gasteiger partial charge in [0.25, 0.3) is 0 Å². The van der Waals surface area contributed by atoms with Crippen LogP contribution in [0.1, 0.15) is 0 Å². The molecule has 2 aromatic rings. The minimum Gasteiger partial charge on any atom is -0.464 e. The van der Waals surface area contributed by atoms with Crippen molar-refractivity contribution in [2.45, 2.75) is 0 Å². The van der Waals surface area contributed by atoms with E-state index in [0.717, 1.165) is 11.3 Å². The minimum atomic E-state index is 0.632. The second-order valence-corrected chi connectivity index (χ2v) is 2.44. The van der Waals surface area contributed by atoms with E-state index in [-0.39, 0.29) is 0 Å². The monoisotopic (exact) mass is 160 g/mol. The fourth-order valence-corrected chi connectivity index (χ4v) is 1.06. The highest BCUT2D eigenvalue weighted by molar-refractivity contribution is 5.71. The number of pyridine rings is 1. The van der Waals surface area contributed by atoms with Crippen molar-refractivity contribution in [3.63, 3.8) is 0 Å². The zero-order chi connectivity index (χ0) is 8.39. The molecule has 0 spiro atoms. The van der Waals surface area contributed by atoms with Crippen molar-refractivity contribution in [3.8, 4) is 11.3 Å². The maximum absolute atomic E-state index is 5.69. The summed E-state index contributed by atoms with van der Waals surface area (Å²) in [6, 6.07) is 5.52. The lowest BCUT2D eigenvalue weighted by Crippen LogP contribution is -1.89. The molecule has 2 N–H and O–H groups in total. The summed E-state index contributed by atoms with van der Waals surface area (Å²) in [6.07, 6.45) is 4.92. The molecular weight excluding hydrogens is 152 g/mol. The van der Waals surface area contributed by atoms with Crippen molar-refractivity contribution in [2.24, 2.45) is 0 Å². The van der Waals surface area contributed by atoms with Crippen molar-refractivity contribution in [3.05, 3.63) is 36.9 Å². The topological polar surface area (TPSA) is 52.0 Å². The number of nitrogen functional groups attached to an aromatic ring is 1. The van der Waals surface area contributed by atoms with E-state index in [9.17, 15) is 0 Å². The highest BCUT2D eigenvalue weighted by Gasteiger charge is 2.02. The maximum atomic E-state index is 5.69. The molecule has 12 heavy (non-hydrogen) atoms. The van der Waals surface area contributed by atoms with Gasteiger partial charge in [-0.15, -0.1) is 0 Å². The second-order valence-electron chi connectivity index (χ2n) is 2.44. The summed E-state index contributed by atoms with van der Waals surface area (Å²) in [4.78, 5) is 3.89. The summed E-state index contributed by atoms with van der Waals surface area (Å²) in [5.41, 5.74) is 7.21. The van der Waals surface area contributed by atoms with E-state index in [0.29, 0.717) is 5.69 Å². The number of hydrogen-bond donors (Lipinski definition) is 1. The van der Waals surface area contributed by atoms with Crippen LogP contribution in [0.4, 0.5) is 5.69 Å². The van der Waals surface area contributed by atoms with Gasteiger partial charge in [-0.1, -0.05) is 0 Å². The summed E-state index contributed by atoms with van der Waals surface area (Å²) >= 11 is 0. The normalized spacial score (nSPS) is 10.0. The van der Waals surface area contributed by atoms with E-state index >= 15 is 0 Å². The van der Waals surface area contributed by atoms with Gasteiger partial charge in [0, 0.05) is 11.8 Å². The van der Waals surface area contributed by atoms with Crippen LogP contribution in [0.3, 0.4) is 0 Å². The van der Waals surface area contributed by atoms with Crippen molar-refractivity contribution < 1.29 is 4.42 Å². The molecule has 2 aromatic heterocycles. The summed E-state index contributed by atoms with van der Waals surface area (Å²) in [5.74, 6) is 0.773. The van der Waals surface area contributed by atoms with Crippen molar-refractivity contribution >= 4 is 5.69 Å². The van der Waals surface area contributed by atoms with Gasteiger partial charge in [0.2, 0.25) is 0 Å². The van der Waals surface area contributed by atoms with E-state index in [1.807, 2.05) is 18.2 Å². The second kappa shape index (κ2) is 2.70. The van der Waals surface area contributed by atoms with Gasteiger partial charge in [-0.3, -0.25) is 4.98 Å². The fraction of sp³-hybridized carbons (Fsp3) is 0. The lowest BCUT2D eigenvalue weighted by molar-refractivity contribution is 0.582. The van der Waals surface area contributed by atoms with Gasteiger partial charge < -0.3 is 10.2 Å². The maximum Gasteiger partial charge on any atom is 0.136 e. The van der Waals surface area contributed by atoms with Gasteiger partial charge in [0.05, 0.1) is 18.1 Å². The highest BCUT2D eigenvalue weighted by Crippen LogP contribution is 2.24. The molecule has 0 unspecified atom stereocenters. The molecule has 0 saturated heterocycles. The predicted molar refractivity (Wildman–Crippen MR) is 46.4 cm³/mol. The van der Waals surface area contributed by atoms with Crippen LogP contribution in [0, 0.1) is 0 Å². The van der Waals surface area contributed by atoms with Crippen LogP contribution < -0.4 is 5.73 Å². The van der Waals surface area contributed by atoms with E-state index in [1.54, 1.807) is 18.7 Å². The minimum absolute atomic E-state index is 0.632. The van der Waals surface area contributed by atoms with Crippen LogP contribution in [0.15, 0.2) is 41.3 Å². The number of rotatable bonds is 1. The molecule has 0 bridgehead atoms. The van der Waals surface area contributed by atoms with Crippen LogP contribution in [-0.4, -0.2) is 4.98 Å². The van der Waals surface area contributed by atoms with E-state index in [2.05, 4.69) is 4.98 Å². The first-order valence-corrected chi connectivity index (χ1v) is 3.61. The Morgan fingerprint density at radius 2 is 2.25 bits per heavy atom. The number of nitrogens with zero attached hydrogens (tertiary/aromatic N) is 1. The van der Waals surface area contributed by atoms with Gasteiger partial charge in [-0.05, 0) is 18.2 Å². The van der Waals surface area contributed by atoms with Gasteiger partial charge in [0.1, 0.15) is 5.76 Å². The van der Waals surface area contributed by atoms with Gasteiger partial charge in [0.15, 0.2) is 0 Å². The average Bonchev–Trinajstić information content (AvgIpc) is 2.57. The van der Waals surface area contributed by atoms with Crippen molar-refractivity contribution in [2.75, 3.05) is 5.73 Å². The molecule has 0 aliphatic rings. The largest absolute Gasteiger partial charge is 0.464 e. The molecule has 0 radical (unpaired) electrons. The number of furan rings is 1. The SMILES string of the molecule is Nc1cnccc1-c1ccco1. The molecular formula is C9H8N2O. The Balaban J connectivity index is 2.55. The Labute approximate surface area is 69.8 Å². The van der Waals surface area contributed by atoms with E-state index in [1.165, 1.54) is 0 Å². The quantitative estimate of drug-likeness (QED) is 0.693. The third-order valence-corrected chi connectivity index (χ3v) is 1.64. The predicted octanol–water partition coefficient (Wildman–Crippen LogP) is 1.92. The van der Waals surface area contributed by atoms with Crippen molar-refractivity contribution in [1.29, 1.82) is 0 Å². The first-order valence-electron chi connectivity index (χ1n) is 3.61. The molecule has 0 saturated carbocycles. The first-order chi connectivity index (χ1) is 5.88. The first kappa shape index (κ1) is 6.91. The molecule has 0 amide bonds. The zero-order valence-electron chi connectivity index (χ0n) is 6.40. The molecule has 0 aliphatic carbocycles. The lowest BCUT2D eigenvalue weighted by Gasteiger charge is -1.99. The molecule has 0 aromatic carbocycles. The average molecular weight is 160 g/mol. The third kappa shape index (κ3) is 1.05. The van der Waals surface area contributed by atoms with Crippen LogP contribution in [0.5, 0.6) is 0 Å². The summed E-state index contributed by atoms with van der Waals surface area (Å²) < 4.78 is 5.19. The number of anilines is 1. The molecule has 2 heterocycles. The van der Waals surface area contributed by atoms with Crippen molar-refractivity contribution in [1.82, 2.24) is 4.98 Å². The Morgan fingerprint density at radius 3 is 2.92 bits per heavy atom. The molecule has 2 rings (SSSR count). The zero-order valence-corrected chi connectivity index (χ0v) is 6.40. The van der Waals surface area contributed by atoms with Crippen LogP contribution in [0.25, 0.3) is 11.3 Å². The standard InChI is InChI=1S/C9H8N2O/c10-8-6-11-4-3-7(8)9-2-1-5-12-9/h1-6H,10H2. The van der Waals surface area contributed by atoms with Gasteiger partial charge in [-0.25, -0.2) is 0 Å². The molecule has 60 valence electrons. The fourth-order valence-electron chi connectivity index (χ4n) is 1.06. The summed E-state index contributed by atoms with van der Waals surface area (Å²) in [6.45, 7) is 0. The number of aromatic nitrogens is 1. The Hall–Kier alpha value is -1.77. The van der Waals surface area contributed by atoms with Crippen LogP contribution in [0.2, 0.25) is 0 Å². The van der Waals surface area contributed by atoms with Crippen LogP contribution in [-0.2, 0) is 0 Å². The summed E-state index contributed by atoms with van der Waals surface area (Å²) in [5, 5.41) is 0. The Bertz CT molecular complexity index is 368. The highest BCUT2D eigenvalue weighted by atomic mass is 16.3. The Kier molecular flexibility index (Phi) is 1.55. The van der Waals surface area contributed by atoms with E-state index < -0.39 is 0 Å². The lowest BCUT2D eigenvalue weighted by atomic mass is 10.2. The molecule has 3 heteroatoms. The molecule has 0 aliphatic heterocycles. The van der Waals surface area contributed by atoms with Crippen LogP contribution >= 0.6 is 0 Å². The number of nitrogens with two attached hydrogens (primary N) is 1. The number of hydrogen-bond acceptors (Lipinski definition) is 3. The smallest absolute Gasteiger partial charge is 0.136 e.